The molecular formula is C27H27N3OS. The van der Waals surface area contributed by atoms with E-state index in [1.807, 2.05) is 56.3 Å². The van der Waals surface area contributed by atoms with Crippen molar-refractivity contribution in [2.24, 2.45) is 0 Å². The van der Waals surface area contributed by atoms with Crippen LogP contribution in [-0.2, 0) is 11.2 Å². The zero-order valence-corrected chi connectivity index (χ0v) is 19.7. The third-order valence-corrected chi connectivity index (χ3v) is 6.46. The second-order valence-electron chi connectivity index (χ2n) is 8.00. The van der Waals surface area contributed by atoms with Crippen molar-refractivity contribution in [2.45, 2.75) is 39.1 Å². The molecular weight excluding hydrogens is 414 g/mol. The van der Waals surface area contributed by atoms with E-state index in [9.17, 15) is 4.79 Å². The summed E-state index contributed by atoms with van der Waals surface area (Å²) in [6.45, 7) is 8.25. The number of carbonyl (C=O) groups excluding carboxylic acids is 1. The van der Waals surface area contributed by atoms with Gasteiger partial charge in [0.05, 0.1) is 11.3 Å². The van der Waals surface area contributed by atoms with Crippen molar-refractivity contribution in [1.29, 1.82) is 0 Å². The summed E-state index contributed by atoms with van der Waals surface area (Å²) in [5, 5.41) is 4.91. The van der Waals surface area contributed by atoms with E-state index in [0.29, 0.717) is 5.82 Å². The van der Waals surface area contributed by atoms with Crippen LogP contribution in [0.15, 0.2) is 65.7 Å². The van der Waals surface area contributed by atoms with Crippen molar-refractivity contribution in [3.05, 3.63) is 82.9 Å². The Kier molecular flexibility index (Phi) is 6.56. The van der Waals surface area contributed by atoms with E-state index >= 15 is 0 Å². The monoisotopic (exact) mass is 441 g/mol. The van der Waals surface area contributed by atoms with Gasteiger partial charge in [0.2, 0.25) is 5.91 Å². The zero-order valence-electron chi connectivity index (χ0n) is 18.9. The molecule has 0 aliphatic heterocycles. The number of anilines is 1. The number of benzene rings is 3. The molecule has 0 aliphatic rings. The Labute approximate surface area is 193 Å². The molecule has 0 saturated carbocycles. The number of nitrogens with zero attached hydrogens (tertiary/aromatic N) is 2. The molecule has 1 amide bonds. The maximum Gasteiger partial charge on any atom is 0.234 e. The number of aromatic nitrogens is 2. The summed E-state index contributed by atoms with van der Waals surface area (Å²) in [5.41, 5.74) is 7.35. The maximum absolute atomic E-state index is 12.8. The smallest absolute Gasteiger partial charge is 0.234 e. The van der Waals surface area contributed by atoms with Gasteiger partial charge >= 0.3 is 0 Å². The first kappa shape index (κ1) is 22.0. The van der Waals surface area contributed by atoms with Crippen molar-refractivity contribution < 1.29 is 4.79 Å². The van der Waals surface area contributed by atoms with Gasteiger partial charge in [0.1, 0.15) is 5.03 Å². The summed E-state index contributed by atoms with van der Waals surface area (Å²) >= 11 is 1.46. The van der Waals surface area contributed by atoms with Crippen LogP contribution in [0.2, 0.25) is 0 Å². The lowest BCUT2D eigenvalue weighted by Gasteiger charge is -2.14. The predicted octanol–water partition coefficient (Wildman–Crippen LogP) is 6.52. The Balaban J connectivity index is 1.64. The third kappa shape index (κ3) is 4.68. The number of aryl methyl sites for hydroxylation is 4. The molecule has 4 aromatic rings. The van der Waals surface area contributed by atoms with Crippen molar-refractivity contribution in [2.75, 3.05) is 11.1 Å². The summed E-state index contributed by atoms with van der Waals surface area (Å²) < 4.78 is 0. The Morgan fingerprint density at radius 2 is 1.66 bits per heavy atom. The van der Waals surface area contributed by atoms with Crippen LogP contribution < -0.4 is 5.32 Å². The Hall–Kier alpha value is -3.18. The first-order chi connectivity index (χ1) is 15.5. The number of amides is 1. The molecule has 3 aromatic carbocycles. The molecule has 5 heteroatoms. The van der Waals surface area contributed by atoms with Crippen LogP contribution in [0.5, 0.6) is 0 Å². The standard InChI is InChI=1S/C27H27N3OS/c1-5-20-12-9-13-22-25(20)29-26(21-10-7-6-8-11-21)30-27(22)32-16-23(31)28-24-18(3)14-17(2)15-19(24)4/h6-15H,5,16H2,1-4H3,(H,28,31). The molecule has 32 heavy (non-hydrogen) atoms. The second-order valence-corrected chi connectivity index (χ2v) is 8.96. The number of rotatable bonds is 6. The second kappa shape index (κ2) is 9.53. The first-order valence-corrected chi connectivity index (χ1v) is 11.8. The van der Waals surface area contributed by atoms with Gasteiger partial charge in [-0.15, -0.1) is 0 Å². The molecule has 0 fully saturated rings. The highest BCUT2D eigenvalue weighted by Gasteiger charge is 2.15. The number of fused-ring (bicyclic) bond motifs is 1. The molecule has 0 aliphatic carbocycles. The van der Waals surface area contributed by atoms with Crippen LogP contribution in [0, 0.1) is 20.8 Å². The highest BCUT2D eigenvalue weighted by molar-refractivity contribution is 8.00. The normalized spacial score (nSPS) is 11.0. The van der Waals surface area contributed by atoms with Gasteiger partial charge in [-0.05, 0) is 43.9 Å². The van der Waals surface area contributed by atoms with Crippen molar-refractivity contribution in [3.8, 4) is 11.4 Å². The molecule has 0 atom stereocenters. The quantitative estimate of drug-likeness (QED) is 0.273. The summed E-state index contributed by atoms with van der Waals surface area (Å²) in [6.07, 6.45) is 0.888. The van der Waals surface area contributed by atoms with Gasteiger partial charge in [-0.1, -0.05) is 84.9 Å². The molecule has 0 spiro atoms. The molecule has 0 saturated heterocycles. The summed E-state index contributed by atoms with van der Waals surface area (Å²) in [4.78, 5) is 22.5. The lowest BCUT2D eigenvalue weighted by atomic mass is 10.1. The highest BCUT2D eigenvalue weighted by Crippen LogP contribution is 2.31. The fraction of sp³-hybridized carbons (Fsp3) is 0.222. The predicted molar refractivity (Wildman–Crippen MR) is 134 cm³/mol. The van der Waals surface area contributed by atoms with Crippen molar-refractivity contribution in [1.82, 2.24) is 9.97 Å². The molecule has 162 valence electrons. The van der Waals surface area contributed by atoms with Crippen LogP contribution in [0.3, 0.4) is 0 Å². The molecule has 1 heterocycles. The SMILES string of the molecule is CCc1cccc2c(SCC(=O)Nc3c(C)cc(C)cc3C)nc(-c3ccccc3)nc12. The maximum atomic E-state index is 12.8. The van der Waals surface area contributed by atoms with Crippen LogP contribution in [0.1, 0.15) is 29.2 Å². The molecule has 4 nitrogen and oxygen atoms in total. The van der Waals surface area contributed by atoms with E-state index in [2.05, 4.69) is 37.4 Å². The van der Waals surface area contributed by atoms with Gasteiger partial charge in [-0.2, -0.15) is 0 Å². The van der Waals surface area contributed by atoms with E-state index in [0.717, 1.165) is 44.7 Å². The number of para-hydroxylation sites is 1. The summed E-state index contributed by atoms with van der Waals surface area (Å²) in [7, 11) is 0. The Morgan fingerprint density at radius 1 is 0.938 bits per heavy atom. The minimum Gasteiger partial charge on any atom is -0.325 e. The Bertz CT molecular complexity index is 1260. The van der Waals surface area contributed by atoms with Gasteiger partial charge < -0.3 is 5.32 Å². The van der Waals surface area contributed by atoms with Crippen LogP contribution in [-0.4, -0.2) is 21.6 Å². The lowest BCUT2D eigenvalue weighted by Crippen LogP contribution is -2.16. The largest absolute Gasteiger partial charge is 0.325 e. The van der Waals surface area contributed by atoms with Crippen LogP contribution in [0.25, 0.3) is 22.3 Å². The van der Waals surface area contributed by atoms with Gasteiger partial charge in [-0.25, -0.2) is 9.97 Å². The lowest BCUT2D eigenvalue weighted by molar-refractivity contribution is -0.113. The van der Waals surface area contributed by atoms with Crippen molar-refractivity contribution in [3.63, 3.8) is 0 Å². The number of hydrogen-bond acceptors (Lipinski definition) is 4. The minimum absolute atomic E-state index is 0.0373. The number of thioether (sulfide) groups is 1. The third-order valence-electron chi connectivity index (χ3n) is 5.47. The van der Waals surface area contributed by atoms with E-state index in [1.165, 1.54) is 22.9 Å². The van der Waals surface area contributed by atoms with Crippen LogP contribution >= 0.6 is 11.8 Å². The van der Waals surface area contributed by atoms with Gasteiger partial charge in [0.15, 0.2) is 5.82 Å². The van der Waals surface area contributed by atoms with E-state index in [-0.39, 0.29) is 11.7 Å². The average molecular weight is 442 g/mol. The number of hydrogen-bond donors (Lipinski definition) is 1. The van der Waals surface area contributed by atoms with E-state index < -0.39 is 0 Å². The summed E-state index contributed by atoms with van der Waals surface area (Å²) in [5.74, 6) is 0.931. The fourth-order valence-electron chi connectivity index (χ4n) is 3.98. The highest BCUT2D eigenvalue weighted by atomic mass is 32.2. The molecule has 0 radical (unpaired) electrons. The Morgan fingerprint density at radius 3 is 2.34 bits per heavy atom. The van der Waals surface area contributed by atoms with E-state index in [4.69, 9.17) is 9.97 Å². The van der Waals surface area contributed by atoms with Gasteiger partial charge in [0, 0.05) is 16.6 Å². The van der Waals surface area contributed by atoms with Gasteiger partial charge in [0.25, 0.3) is 0 Å². The first-order valence-electron chi connectivity index (χ1n) is 10.8. The van der Waals surface area contributed by atoms with E-state index in [1.54, 1.807) is 0 Å². The minimum atomic E-state index is -0.0373. The number of carbonyl (C=O) groups is 1. The van der Waals surface area contributed by atoms with Crippen molar-refractivity contribution >= 4 is 34.3 Å². The summed E-state index contributed by atoms with van der Waals surface area (Å²) in [6, 6.07) is 20.3. The molecule has 0 bridgehead atoms. The molecule has 1 N–H and O–H groups in total. The topological polar surface area (TPSA) is 54.9 Å². The number of nitrogens with one attached hydrogen (secondary N) is 1. The average Bonchev–Trinajstić information content (AvgIpc) is 2.79. The fourth-order valence-corrected chi connectivity index (χ4v) is 4.79. The van der Waals surface area contributed by atoms with Gasteiger partial charge in [-0.3, -0.25) is 4.79 Å². The van der Waals surface area contributed by atoms with Crippen LogP contribution in [0.4, 0.5) is 5.69 Å². The molecule has 1 aromatic heterocycles. The molecule has 0 unspecified atom stereocenters. The zero-order chi connectivity index (χ0) is 22.7. The molecule has 4 rings (SSSR count).